The van der Waals surface area contributed by atoms with Gasteiger partial charge in [-0.3, -0.25) is 4.79 Å². The van der Waals surface area contributed by atoms with Crippen LogP contribution in [0.3, 0.4) is 0 Å². The molecule has 16 heavy (non-hydrogen) atoms. The molecule has 0 spiro atoms. The van der Waals surface area contributed by atoms with Gasteiger partial charge in [0.1, 0.15) is 5.54 Å². The predicted molar refractivity (Wildman–Crippen MR) is 58.5 cm³/mol. The number of carbonyl (C=O) groups is 1. The second kappa shape index (κ2) is 3.70. The molecule has 0 aromatic heterocycles. The van der Waals surface area contributed by atoms with E-state index < -0.39 is 21.5 Å². The second-order valence-electron chi connectivity index (χ2n) is 4.96. The topological polar surface area (TPSA) is 74.7 Å². The molecule has 6 heteroatoms. The maximum atomic E-state index is 11.9. The first-order valence-corrected chi connectivity index (χ1v) is 7.23. The van der Waals surface area contributed by atoms with Crippen molar-refractivity contribution in [2.24, 2.45) is 5.92 Å². The van der Waals surface area contributed by atoms with Gasteiger partial charge in [-0.05, 0) is 18.8 Å². The first kappa shape index (κ1) is 11.9. The van der Waals surface area contributed by atoms with Crippen LogP contribution in [0, 0.1) is 5.92 Å². The summed E-state index contributed by atoms with van der Waals surface area (Å²) in [6, 6.07) is 0. The van der Waals surface area contributed by atoms with E-state index in [-0.39, 0.29) is 11.7 Å². The quantitative estimate of drug-likeness (QED) is 0.778. The van der Waals surface area contributed by atoms with Crippen molar-refractivity contribution in [3.05, 3.63) is 0 Å². The lowest BCUT2D eigenvalue weighted by Crippen LogP contribution is -2.53. The van der Waals surface area contributed by atoms with Crippen LogP contribution in [0.5, 0.6) is 0 Å². The van der Waals surface area contributed by atoms with Crippen molar-refractivity contribution in [1.82, 2.24) is 4.31 Å². The van der Waals surface area contributed by atoms with Crippen molar-refractivity contribution in [2.75, 3.05) is 12.3 Å². The molecule has 1 unspecified atom stereocenters. The van der Waals surface area contributed by atoms with Crippen molar-refractivity contribution in [3.63, 3.8) is 0 Å². The van der Waals surface area contributed by atoms with Gasteiger partial charge in [0.25, 0.3) is 0 Å². The smallest absolute Gasteiger partial charge is 0.325 e. The van der Waals surface area contributed by atoms with Crippen molar-refractivity contribution >= 4 is 16.0 Å². The Kier molecular flexibility index (Phi) is 2.74. The van der Waals surface area contributed by atoms with Crippen molar-refractivity contribution in [3.8, 4) is 0 Å². The third-order valence-corrected chi connectivity index (χ3v) is 5.78. The minimum Gasteiger partial charge on any atom is -0.480 e. The zero-order valence-corrected chi connectivity index (χ0v) is 10.2. The molecule has 0 aromatic carbocycles. The highest BCUT2D eigenvalue weighted by molar-refractivity contribution is 7.89. The highest BCUT2D eigenvalue weighted by Gasteiger charge is 2.54. The van der Waals surface area contributed by atoms with Crippen molar-refractivity contribution < 1.29 is 18.3 Å². The van der Waals surface area contributed by atoms with E-state index in [1.54, 1.807) is 0 Å². The zero-order valence-electron chi connectivity index (χ0n) is 9.35. The average molecular weight is 247 g/mol. The van der Waals surface area contributed by atoms with Crippen LogP contribution in [0.1, 0.15) is 32.6 Å². The average Bonchev–Trinajstić information content (AvgIpc) is 2.70. The maximum Gasteiger partial charge on any atom is 0.325 e. The molecular formula is C10H17NO4S. The van der Waals surface area contributed by atoms with Gasteiger partial charge in [-0.1, -0.05) is 19.8 Å². The Morgan fingerprint density at radius 3 is 2.31 bits per heavy atom. The number of carboxylic acid groups (broad SMARTS) is 1. The van der Waals surface area contributed by atoms with Gasteiger partial charge in [0, 0.05) is 6.54 Å². The fraction of sp³-hybridized carbons (Fsp3) is 0.900. The van der Waals surface area contributed by atoms with E-state index in [4.69, 9.17) is 0 Å². The molecule has 2 aliphatic rings. The molecule has 0 radical (unpaired) electrons. The van der Waals surface area contributed by atoms with Gasteiger partial charge in [0.05, 0.1) is 5.75 Å². The summed E-state index contributed by atoms with van der Waals surface area (Å²) in [6.45, 7) is 2.21. The Hall–Kier alpha value is -0.620. The van der Waals surface area contributed by atoms with E-state index in [0.29, 0.717) is 19.4 Å². The zero-order chi connectivity index (χ0) is 12.0. The van der Waals surface area contributed by atoms with E-state index in [1.807, 2.05) is 6.92 Å². The molecule has 1 heterocycles. The SMILES string of the molecule is CC1CN(C2(C(=O)O)CCCC2)S(=O)(=O)C1. The lowest BCUT2D eigenvalue weighted by molar-refractivity contribution is -0.148. The Balaban J connectivity index is 2.38. The summed E-state index contributed by atoms with van der Waals surface area (Å²) in [5.74, 6) is -0.869. The van der Waals surface area contributed by atoms with E-state index in [1.165, 1.54) is 4.31 Å². The van der Waals surface area contributed by atoms with Gasteiger partial charge in [-0.2, -0.15) is 4.31 Å². The van der Waals surface area contributed by atoms with Crippen LogP contribution < -0.4 is 0 Å². The molecule has 0 bridgehead atoms. The van der Waals surface area contributed by atoms with Crippen LogP contribution in [0.15, 0.2) is 0 Å². The highest BCUT2D eigenvalue weighted by atomic mass is 32.2. The van der Waals surface area contributed by atoms with Crippen LogP contribution in [-0.2, 0) is 14.8 Å². The Labute approximate surface area is 95.5 Å². The Morgan fingerprint density at radius 1 is 1.38 bits per heavy atom. The van der Waals surface area contributed by atoms with Gasteiger partial charge < -0.3 is 5.11 Å². The molecule has 5 nitrogen and oxygen atoms in total. The number of aliphatic carboxylic acids is 1. The number of hydrogen-bond acceptors (Lipinski definition) is 3. The molecule has 0 aromatic rings. The summed E-state index contributed by atoms with van der Waals surface area (Å²) in [7, 11) is -3.37. The molecule has 1 aliphatic heterocycles. The standard InChI is InChI=1S/C10H17NO4S/c1-8-6-11(16(14,15)7-8)10(9(12)13)4-2-3-5-10/h8H,2-7H2,1H3,(H,12,13). The molecule has 1 N–H and O–H groups in total. The Morgan fingerprint density at radius 2 is 1.94 bits per heavy atom. The van der Waals surface area contributed by atoms with Crippen LogP contribution in [0.25, 0.3) is 0 Å². The van der Waals surface area contributed by atoms with Crippen LogP contribution >= 0.6 is 0 Å². The van der Waals surface area contributed by atoms with Gasteiger partial charge >= 0.3 is 5.97 Å². The minimum absolute atomic E-state index is 0.0295. The summed E-state index contributed by atoms with van der Waals surface area (Å²) in [5, 5.41) is 9.34. The molecule has 2 rings (SSSR count). The fourth-order valence-electron chi connectivity index (χ4n) is 2.87. The predicted octanol–water partition coefficient (Wildman–Crippen LogP) is 0.665. The molecule has 2 fully saturated rings. The van der Waals surface area contributed by atoms with Gasteiger partial charge in [0.15, 0.2) is 0 Å². The molecule has 92 valence electrons. The first-order valence-electron chi connectivity index (χ1n) is 5.62. The van der Waals surface area contributed by atoms with Gasteiger partial charge in [-0.25, -0.2) is 8.42 Å². The van der Waals surface area contributed by atoms with E-state index >= 15 is 0 Å². The van der Waals surface area contributed by atoms with Crippen molar-refractivity contribution in [1.29, 1.82) is 0 Å². The normalized spacial score (nSPS) is 32.9. The summed E-state index contributed by atoms with van der Waals surface area (Å²) >= 11 is 0. The first-order chi connectivity index (χ1) is 7.38. The number of rotatable bonds is 2. The number of nitrogens with zero attached hydrogens (tertiary/aromatic N) is 1. The maximum absolute atomic E-state index is 11.9. The molecule has 1 atom stereocenters. The summed E-state index contributed by atoms with van der Waals surface area (Å²) in [4.78, 5) is 11.4. The van der Waals surface area contributed by atoms with Crippen LogP contribution in [0.4, 0.5) is 0 Å². The molecule has 1 saturated carbocycles. The largest absolute Gasteiger partial charge is 0.480 e. The van der Waals surface area contributed by atoms with E-state index in [0.717, 1.165) is 12.8 Å². The second-order valence-corrected chi connectivity index (χ2v) is 6.90. The Bertz CT molecular complexity index is 397. The van der Waals surface area contributed by atoms with Gasteiger partial charge in [0.2, 0.25) is 10.0 Å². The molecular weight excluding hydrogens is 230 g/mol. The number of sulfonamides is 1. The number of carboxylic acids is 1. The van der Waals surface area contributed by atoms with Crippen molar-refractivity contribution in [2.45, 2.75) is 38.1 Å². The van der Waals surface area contributed by atoms with Crippen LogP contribution in [-0.4, -0.2) is 41.6 Å². The van der Waals surface area contributed by atoms with E-state index in [9.17, 15) is 18.3 Å². The third-order valence-electron chi connectivity index (χ3n) is 3.61. The fourth-order valence-corrected chi connectivity index (χ4v) is 5.15. The van der Waals surface area contributed by atoms with Crippen LogP contribution in [0.2, 0.25) is 0 Å². The minimum atomic E-state index is -3.37. The third kappa shape index (κ3) is 1.64. The lowest BCUT2D eigenvalue weighted by Gasteiger charge is -2.33. The highest BCUT2D eigenvalue weighted by Crippen LogP contribution is 2.40. The van der Waals surface area contributed by atoms with E-state index in [2.05, 4.69) is 0 Å². The monoisotopic (exact) mass is 247 g/mol. The summed E-state index contributed by atoms with van der Waals surface area (Å²) in [5.41, 5.74) is -1.15. The van der Waals surface area contributed by atoms with Gasteiger partial charge in [-0.15, -0.1) is 0 Å². The molecule has 0 amide bonds. The summed E-state index contributed by atoms with van der Waals surface area (Å²) in [6.07, 6.45) is 2.50. The molecule has 1 aliphatic carbocycles. The number of hydrogen-bond donors (Lipinski definition) is 1. The molecule has 1 saturated heterocycles. The summed E-state index contributed by atoms with van der Waals surface area (Å²) < 4.78 is 25.1. The lowest BCUT2D eigenvalue weighted by atomic mass is 9.97.